The van der Waals surface area contributed by atoms with Crippen molar-refractivity contribution >= 4 is 21.4 Å². The first kappa shape index (κ1) is 13.7. The fourth-order valence-corrected chi connectivity index (χ4v) is 4.80. The van der Waals surface area contributed by atoms with E-state index in [-0.39, 0.29) is 11.9 Å². The first-order valence-corrected chi connectivity index (χ1v) is 8.68. The Kier molecular flexibility index (Phi) is 3.60. The number of nitrogens with two attached hydrogens (primary N) is 1. The second-order valence-corrected chi connectivity index (χ2v) is 7.37. The van der Waals surface area contributed by atoms with Crippen molar-refractivity contribution in [1.82, 2.24) is 0 Å². The minimum Gasteiger partial charge on any atom is -0.398 e. The second-order valence-electron chi connectivity index (χ2n) is 5.43. The average Bonchev–Trinajstić information content (AvgIpc) is 2.91. The number of nitrogen functional groups attached to an aromatic ring is 1. The summed E-state index contributed by atoms with van der Waals surface area (Å²) in [5, 5.41) is 0. The largest absolute Gasteiger partial charge is 0.398 e. The molecule has 1 aromatic carbocycles. The van der Waals surface area contributed by atoms with E-state index < -0.39 is 10.0 Å². The number of anilines is 2. The Bertz CT molecular complexity index is 594. The summed E-state index contributed by atoms with van der Waals surface area (Å²) in [6, 6.07) is 5.49. The molecule has 6 heteroatoms. The molecule has 2 heterocycles. The Balaban J connectivity index is 1.89. The Morgan fingerprint density at radius 3 is 2.95 bits per heavy atom. The van der Waals surface area contributed by atoms with Crippen molar-refractivity contribution in [1.29, 1.82) is 0 Å². The molecule has 1 aromatic rings. The smallest absolute Gasteiger partial charge is 0.237 e. The second kappa shape index (κ2) is 5.26. The van der Waals surface area contributed by atoms with Crippen molar-refractivity contribution in [2.45, 2.75) is 31.8 Å². The van der Waals surface area contributed by atoms with E-state index in [2.05, 4.69) is 0 Å². The number of benzene rings is 1. The lowest BCUT2D eigenvalue weighted by atomic mass is 10.0. The van der Waals surface area contributed by atoms with E-state index in [1.165, 1.54) is 4.31 Å². The lowest BCUT2D eigenvalue weighted by Crippen LogP contribution is -2.40. The van der Waals surface area contributed by atoms with Gasteiger partial charge in [0, 0.05) is 18.8 Å². The molecule has 3 rings (SSSR count). The van der Waals surface area contributed by atoms with Gasteiger partial charge < -0.3 is 10.5 Å². The Morgan fingerprint density at radius 2 is 2.20 bits per heavy atom. The Morgan fingerprint density at radius 1 is 1.35 bits per heavy atom. The SMILES string of the molecule is Nc1cccc2c1CCCN2S(=O)(=O)CC1CCCO1. The van der Waals surface area contributed by atoms with Crippen molar-refractivity contribution in [2.24, 2.45) is 0 Å². The number of hydrogen-bond donors (Lipinski definition) is 1. The van der Waals surface area contributed by atoms with E-state index in [0.717, 1.165) is 36.9 Å². The molecule has 5 nitrogen and oxygen atoms in total. The maximum atomic E-state index is 12.6. The molecule has 1 unspecified atom stereocenters. The van der Waals surface area contributed by atoms with Crippen LogP contribution in [0.15, 0.2) is 18.2 Å². The van der Waals surface area contributed by atoms with Crippen molar-refractivity contribution < 1.29 is 13.2 Å². The van der Waals surface area contributed by atoms with Crippen molar-refractivity contribution in [2.75, 3.05) is 28.9 Å². The molecule has 110 valence electrons. The zero-order chi connectivity index (χ0) is 14.2. The topological polar surface area (TPSA) is 72.6 Å². The molecule has 2 aliphatic heterocycles. The van der Waals surface area contributed by atoms with Crippen molar-refractivity contribution in [3.05, 3.63) is 23.8 Å². The van der Waals surface area contributed by atoms with Gasteiger partial charge in [-0.1, -0.05) is 6.07 Å². The Hall–Kier alpha value is -1.27. The monoisotopic (exact) mass is 296 g/mol. The lowest BCUT2D eigenvalue weighted by Gasteiger charge is -2.31. The molecule has 0 radical (unpaired) electrons. The van der Waals surface area contributed by atoms with Crippen LogP contribution in [0.3, 0.4) is 0 Å². The summed E-state index contributed by atoms with van der Waals surface area (Å²) in [4.78, 5) is 0. The van der Waals surface area contributed by atoms with Gasteiger partial charge in [-0.15, -0.1) is 0 Å². The van der Waals surface area contributed by atoms with Crippen LogP contribution in [-0.4, -0.2) is 33.4 Å². The molecule has 0 amide bonds. The molecule has 2 N–H and O–H groups in total. The zero-order valence-electron chi connectivity index (χ0n) is 11.4. The first-order valence-electron chi connectivity index (χ1n) is 7.07. The molecular weight excluding hydrogens is 276 g/mol. The highest BCUT2D eigenvalue weighted by Crippen LogP contribution is 2.33. The van der Waals surface area contributed by atoms with Crippen LogP contribution in [-0.2, 0) is 21.2 Å². The fourth-order valence-electron chi connectivity index (χ4n) is 3.01. The quantitative estimate of drug-likeness (QED) is 0.859. The third kappa shape index (κ3) is 2.50. The summed E-state index contributed by atoms with van der Waals surface area (Å²) < 4.78 is 32.2. The highest BCUT2D eigenvalue weighted by molar-refractivity contribution is 7.92. The van der Waals surface area contributed by atoms with Crippen LogP contribution >= 0.6 is 0 Å². The summed E-state index contributed by atoms with van der Waals surface area (Å²) in [5.74, 6) is 0.0707. The zero-order valence-corrected chi connectivity index (χ0v) is 12.2. The van der Waals surface area contributed by atoms with Crippen molar-refractivity contribution in [3.63, 3.8) is 0 Å². The van der Waals surface area contributed by atoms with Gasteiger partial charge in [0.15, 0.2) is 0 Å². The van der Waals surface area contributed by atoms with Crippen LogP contribution in [0.1, 0.15) is 24.8 Å². The Labute approximate surface area is 119 Å². The molecule has 1 saturated heterocycles. The van der Waals surface area contributed by atoms with Gasteiger partial charge in [-0.2, -0.15) is 0 Å². The lowest BCUT2D eigenvalue weighted by molar-refractivity contribution is 0.127. The fraction of sp³-hybridized carbons (Fsp3) is 0.571. The number of hydrogen-bond acceptors (Lipinski definition) is 4. The van der Waals surface area contributed by atoms with Crippen LogP contribution in [0, 0.1) is 0 Å². The minimum atomic E-state index is -3.34. The van der Waals surface area contributed by atoms with E-state index in [1.54, 1.807) is 0 Å². The molecule has 0 spiro atoms. The van der Waals surface area contributed by atoms with Gasteiger partial charge in [-0.05, 0) is 43.4 Å². The predicted octanol–water partition coefficient (Wildman–Crippen LogP) is 1.53. The van der Waals surface area contributed by atoms with Crippen LogP contribution in [0.5, 0.6) is 0 Å². The average molecular weight is 296 g/mol. The number of fused-ring (bicyclic) bond motifs is 1. The summed E-state index contributed by atoms with van der Waals surface area (Å²) in [7, 11) is -3.34. The van der Waals surface area contributed by atoms with Crippen molar-refractivity contribution in [3.8, 4) is 0 Å². The van der Waals surface area contributed by atoms with Gasteiger partial charge in [0.2, 0.25) is 10.0 Å². The van der Waals surface area contributed by atoms with Crippen LogP contribution < -0.4 is 10.0 Å². The van der Waals surface area contributed by atoms with Gasteiger partial charge >= 0.3 is 0 Å². The van der Waals surface area contributed by atoms with Crippen LogP contribution in [0.2, 0.25) is 0 Å². The molecule has 0 saturated carbocycles. The van der Waals surface area contributed by atoms with E-state index in [9.17, 15) is 8.42 Å². The summed E-state index contributed by atoms with van der Waals surface area (Å²) in [6.45, 7) is 1.20. The van der Waals surface area contributed by atoms with Gasteiger partial charge in [-0.3, -0.25) is 4.31 Å². The van der Waals surface area contributed by atoms with Gasteiger partial charge in [0.25, 0.3) is 0 Å². The third-order valence-corrected chi connectivity index (χ3v) is 5.84. The highest BCUT2D eigenvalue weighted by atomic mass is 32.2. The van der Waals surface area contributed by atoms with Gasteiger partial charge in [-0.25, -0.2) is 8.42 Å². The molecular formula is C14H20N2O3S. The maximum Gasteiger partial charge on any atom is 0.237 e. The first-order chi connectivity index (χ1) is 9.58. The van der Waals surface area contributed by atoms with Crippen LogP contribution in [0.4, 0.5) is 11.4 Å². The van der Waals surface area contributed by atoms with E-state index in [1.807, 2.05) is 18.2 Å². The normalized spacial score (nSPS) is 22.8. The third-order valence-electron chi connectivity index (χ3n) is 4.00. The van der Waals surface area contributed by atoms with Gasteiger partial charge in [0.05, 0.1) is 17.5 Å². The molecule has 20 heavy (non-hydrogen) atoms. The molecule has 0 aliphatic carbocycles. The molecule has 1 atom stereocenters. The number of ether oxygens (including phenoxy) is 1. The summed E-state index contributed by atoms with van der Waals surface area (Å²) in [5.41, 5.74) is 8.34. The standard InChI is InChI=1S/C14H20N2O3S/c15-13-6-1-7-14-12(13)5-2-8-16(14)20(17,18)10-11-4-3-9-19-11/h1,6-7,11H,2-5,8-10,15H2. The summed E-state index contributed by atoms with van der Waals surface area (Å²) in [6.07, 6.45) is 3.27. The van der Waals surface area contributed by atoms with E-state index in [0.29, 0.717) is 18.8 Å². The molecule has 1 fully saturated rings. The summed E-state index contributed by atoms with van der Waals surface area (Å²) >= 11 is 0. The number of rotatable bonds is 3. The molecule has 0 aromatic heterocycles. The van der Waals surface area contributed by atoms with E-state index in [4.69, 9.17) is 10.5 Å². The predicted molar refractivity (Wildman–Crippen MR) is 79.3 cm³/mol. The highest BCUT2D eigenvalue weighted by Gasteiger charge is 2.32. The molecule has 2 aliphatic rings. The van der Waals surface area contributed by atoms with Gasteiger partial charge in [0.1, 0.15) is 0 Å². The number of sulfonamides is 1. The molecule has 0 bridgehead atoms. The van der Waals surface area contributed by atoms with E-state index >= 15 is 0 Å². The minimum absolute atomic E-state index is 0.0707. The maximum absolute atomic E-state index is 12.6. The van der Waals surface area contributed by atoms with Crippen LogP contribution in [0.25, 0.3) is 0 Å². The number of nitrogens with zero attached hydrogens (tertiary/aromatic N) is 1.